The van der Waals surface area contributed by atoms with Gasteiger partial charge in [-0.1, -0.05) is 24.3 Å². The predicted molar refractivity (Wildman–Crippen MR) is 70.7 cm³/mol. The quantitative estimate of drug-likeness (QED) is 0.812. The predicted octanol–water partition coefficient (Wildman–Crippen LogP) is 3.24. The van der Waals surface area contributed by atoms with Crippen LogP contribution < -0.4 is 0 Å². The van der Waals surface area contributed by atoms with Crippen LogP contribution in [0.3, 0.4) is 0 Å². The molecule has 0 aliphatic heterocycles. The van der Waals surface area contributed by atoms with E-state index in [-0.39, 0.29) is 0 Å². The summed E-state index contributed by atoms with van der Waals surface area (Å²) in [6.07, 6.45) is 5.79. The lowest BCUT2D eigenvalue weighted by Gasteiger charge is -2.33. The lowest BCUT2D eigenvalue weighted by Crippen LogP contribution is -2.39. The van der Waals surface area contributed by atoms with Gasteiger partial charge in [-0.2, -0.15) is 0 Å². The first-order valence-electron chi connectivity index (χ1n) is 6.91. The minimum Gasteiger partial charge on any atom is -0.370 e. The molecule has 0 amide bonds. The number of carbonyl (C=O) groups is 1. The van der Waals surface area contributed by atoms with Crippen LogP contribution in [-0.4, -0.2) is 18.5 Å². The monoisotopic (exact) mass is 244 g/mol. The summed E-state index contributed by atoms with van der Waals surface area (Å²) in [7, 11) is 1.69. The standard InChI is InChI=1S/C16H20O2/c1-18-16(8-4-5-9-16)15(17)11-13-10-12-6-2-3-7-14(12)13/h2-3,6-7,13H,4-5,8-11H2,1H3. The molecule has 2 nitrogen and oxygen atoms in total. The Morgan fingerprint density at radius 3 is 2.72 bits per heavy atom. The Hall–Kier alpha value is -1.15. The highest BCUT2D eigenvalue weighted by Crippen LogP contribution is 2.41. The van der Waals surface area contributed by atoms with Crippen molar-refractivity contribution in [3.05, 3.63) is 35.4 Å². The third kappa shape index (κ3) is 1.79. The Balaban J connectivity index is 1.70. The molecule has 0 aromatic heterocycles. The second kappa shape index (κ2) is 4.51. The van der Waals surface area contributed by atoms with Gasteiger partial charge in [-0.25, -0.2) is 0 Å². The SMILES string of the molecule is COC1(C(=O)CC2Cc3ccccc32)CCCC1. The normalized spacial score (nSPS) is 24.4. The highest BCUT2D eigenvalue weighted by molar-refractivity contribution is 5.88. The van der Waals surface area contributed by atoms with E-state index in [2.05, 4.69) is 24.3 Å². The number of Topliss-reactive ketones (excluding diaryl/α,β-unsaturated/α-hetero) is 1. The lowest BCUT2D eigenvalue weighted by molar-refractivity contribution is -0.140. The van der Waals surface area contributed by atoms with Crippen LogP contribution in [0.15, 0.2) is 24.3 Å². The molecule has 0 radical (unpaired) electrons. The first-order valence-corrected chi connectivity index (χ1v) is 6.91. The molecule has 1 aromatic rings. The number of ether oxygens (including phenoxy) is 1. The molecule has 3 rings (SSSR count). The van der Waals surface area contributed by atoms with Gasteiger partial charge in [-0.15, -0.1) is 0 Å². The summed E-state index contributed by atoms with van der Waals surface area (Å²) in [5, 5.41) is 0. The van der Waals surface area contributed by atoms with Crippen LogP contribution in [0.4, 0.5) is 0 Å². The van der Waals surface area contributed by atoms with Crippen molar-refractivity contribution in [2.45, 2.75) is 50.0 Å². The van der Waals surface area contributed by atoms with Crippen LogP contribution in [0.5, 0.6) is 0 Å². The van der Waals surface area contributed by atoms with Crippen LogP contribution in [0.2, 0.25) is 0 Å². The summed E-state index contributed by atoms with van der Waals surface area (Å²) < 4.78 is 5.57. The average Bonchev–Trinajstić information content (AvgIpc) is 2.86. The van der Waals surface area contributed by atoms with E-state index < -0.39 is 5.60 Å². The number of hydrogen-bond acceptors (Lipinski definition) is 2. The maximum atomic E-state index is 12.5. The summed E-state index contributed by atoms with van der Waals surface area (Å²) in [6.45, 7) is 0. The molecular weight excluding hydrogens is 224 g/mol. The Kier molecular flexibility index (Phi) is 2.98. The van der Waals surface area contributed by atoms with Crippen molar-refractivity contribution in [1.82, 2.24) is 0 Å². The van der Waals surface area contributed by atoms with E-state index in [0.29, 0.717) is 18.1 Å². The highest BCUT2D eigenvalue weighted by atomic mass is 16.5. The molecule has 1 aromatic carbocycles. The number of benzene rings is 1. The van der Waals surface area contributed by atoms with Crippen molar-refractivity contribution < 1.29 is 9.53 Å². The highest BCUT2D eigenvalue weighted by Gasteiger charge is 2.42. The second-order valence-corrected chi connectivity index (χ2v) is 5.63. The number of methoxy groups -OCH3 is 1. The van der Waals surface area contributed by atoms with E-state index in [1.165, 1.54) is 11.1 Å². The van der Waals surface area contributed by atoms with E-state index in [9.17, 15) is 4.79 Å². The van der Waals surface area contributed by atoms with Crippen molar-refractivity contribution in [3.8, 4) is 0 Å². The van der Waals surface area contributed by atoms with E-state index in [1.54, 1.807) is 7.11 Å². The smallest absolute Gasteiger partial charge is 0.165 e. The molecular formula is C16H20O2. The van der Waals surface area contributed by atoms with Gasteiger partial charge in [0.2, 0.25) is 0 Å². The summed E-state index contributed by atoms with van der Waals surface area (Å²) >= 11 is 0. The fourth-order valence-electron chi connectivity index (χ4n) is 3.50. The zero-order valence-electron chi connectivity index (χ0n) is 10.9. The van der Waals surface area contributed by atoms with E-state index >= 15 is 0 Å². The number of rotatable bonds is 4. The fourth-order valence-corrected chi connectivity index (χ4v) is 3.50. The molecule has 96 valence electrons. The van der Waals surface area contributed by atoms with Gasteiger partial charge in [0.05, 0.1) is 0 Å². The zero-order valence-corrected chi connectivity index (χ0v) is 10.9. The topological polar surface area (TPSA) is 26.3 Å². The third-order valence-corrected chi connectivity index (χ3v) is 4.70. The Bertz CT molecular complexity index is 458. The minimum atomic E-state index is -0.454. The lowest BCUT2D eigenvalue weighted by atomic mass is 9.73. The Morgan fingerprint density at radius 1 is 1.33 bits per heavy atom. The third-order valence-electron chi connectivity index (χ3n) is 4.70. The number of ketones is 1. The van der Waals surface area contributed by atoms with Crippen molar-refractivity contribution in [1.29, 1.82) is 0 Å². The van der Waals surface area contributed by atoms with Gasteiger partial charge in [-0.3, -0.25) is 4.79 Å². The maximum absolute atomic E-state index is 12.5. The Labute approximate surface area is 108 Å². The molecule has 1 unspecified atom stereocenters. The molecule has 18 heavy (non-hydrogen) atoms. The van der Waals surface area contributed by atoms with Crippen LogP contribution in [-0.2, 0) is 16.0 Å². The number of hydrogen-bond donors (Lipinski definition) is 0. The van der Waals surface area contributed by atoms with Crippen molar-refractivity contribution in [2.24, 2.45) is 0 Å². The summed E-state index contributed by atoms with van der Waals surface area (Å²) in [5.41, 5.74) is 2.33. The molecule has 2 aliphatic carbocycles. The van der Waals surface area contributed by atoms with Crippen molar-refractivity contribution in [3.63, 3.8) is 0 Å². The Morgan fingerprint density at radius 2 is 2.06 bits per heavy atom. The van der Waals surface area contributed by atoms with Gasteiger partial charge in [0.15, 0.2) is 5.78 Å². The number of carbonyl (C=O) groups excluding carboxylic acids is 1. The largest absolute Gasteiger partial charge is 0.370 e. The van der Waals surface area contributed by atoms with Crippen LogP contribution in [0.25, 0.3) is 0 Å². The molecule has 2 heteroatoms. The van der Waals surface area contributed by atoms with Gasteiger partial charge in [0, 0.05) is 13.5 Å². The molecule has 0 N–H and O–H groups in total. The molecule has 0 spiro atoms. The van der Waals surface area contributed by atoms with E-state index in [1.807, 2.05) is 0 Å². The minimum absolute atomic E-state index is 0.321. The average molecular weight is 244 g/mol. The van der Waals surface area contributed by atoms with Gasteiger partial charge < -0.3 is 4.74 Å². The molecule has 1 fully saturated rings. The zero-order chi connectivity index (χ0) is 12.6. The van der Waals surface area contributed by atoms with Gasteiger partial charge >= 0.3 is 0 Å². The first-order chi connectivity index (χ1) is 8.75. The molecule has 2 aliphatic rings. The molecule has 1 atom stereocenters. The molecule has 0 heterocycles. The van der Waals surface area contributed by atoms with Gasteiger partial charge in [-0.05, 0) is 49.1 Å². The first kappa shape index (κ1) is 11.9. The fraction of sp³-hybridized carbons (Fsp3) is 0.562. The van der Waals surface area contributed by atoms with Crippen LogP contribution >= 0.6 is 0 Å². The summed E-state index contributed by atoms with van der Waals surface area (Å²) in [6, 6.07) is 8.46. The van der Waals surface area contributed by atoms with Crippen molar-refractivity contribution >= 4 is 5.78 Å². The maximum Gasteiger partial charge on any atom is 0.165 e. The van der Waals surface area contributed by atoms with Crippen LogP contribution in [0, 0.1) is 0 Å². The molecule has 0 saturated heterocycles. The van der Waals surface area contributed by atoms with E-state index in [4.69, 9.17) is 4.74 Å². The van der Waals surface area contributed by atoms with E-state index in [0.717, 1.165) is 32.1 Å². The van der Waals surface area contributed by atoms with Crippen molar-refractivity contribution in [2.75, 3.05) is 7.11 Å². The summed E-state index contributed by atoms with van der Waals surface area (Å²) in [5.74, 6) is 0.753. The summed E-state index contributed by atoms with van der Waals surface area (Å²) in [4.78, 5) is 12.5. The second-order valence-electron chi connectivity index (χ2n) is 5.63. The van der Waals surface area contributed by atoms with Crippen LogP contribution in [0.1, 0.15) is 49.1 Å². The molecule has 1 saturated carbocycles. The van der Waals surface area contributed by atoms with Gasteiger partial charge in [0.25, 0.3) is 0 Å². The molecule has 0 bridgehead atoms. The van der Waals surface area contributed by atoms with Gasteiger partial charge in [0.1, 0.15) is 5.60 Å². The number of fused-ring (bicyclic) bond motifs is 1.